The van der Waals surface area contributed by atoms with Crippen LogP contribution in [0.25, 0.3) is 11.0 Å². The van der Waals surface area contributed by atoms with Gasteiger partial charge in [-0.2, -0.15) is 0 Å². The molecule has 0 amide bonds. The van der Waals surface area contributed by atoms with Crippen molar-refractivity contribution < 1.29 is 5.11 Å². The van der Waals surface area contributed by atoms with Crippen LogP contribution in [0.15, 0.2) is 54.9 Å². The van der Waals surface area contributed by atoms with Crippen molar-refractivity contribution in [1.82, 2.24) is 14.5 Å². The highest BCUT2D eigenvalue weighted by Gasteiger charge is 2.20. The Morgan fingerprint density at radius 1 is 0.962 bits per heavy atom. The number of hydrogen-bond acceptors (Lipinski definition) is 4. The van der Waals surface area contributed by atoms with Gasteiger partial charge in [0, 0.05) is 38.4 Å². The van der Waals surface area contributed by atoms with Gasteiger partial charge in [0.15, 0.2) is 0 Å². The third kappa shape index (κ3) is 3.59. The first-order valence-corrected chi connectivity index (χ1v) is 9.31. The summed E-state index contributed by atoms with van der Waals surface area (Å²) in [6.45, 7) is 7.43. The zero-order chi connectivity index (χ0) is 17.9. The minimum Gasteiger partial charge on any atom is -0.390 e. The predicted octanol–water partition coefficient (Wildman–Crippen LogP) is 2.53. The first-order valence-electron chi connectivity index (χ1n) is 9.31. The van der Waals surface area contributed by atoms with E-state index in [0.29, 0.717) is 13.1 Å². The normalized spacial score (nSPS) is 16.9. The molecule has 0 aliphatic carbocycles. The average molecular weight is 350 g/mol. The summed E-state index contributed by atoms with van der Waals surface area (Å²) in [4.78, 5) is 9.21. The number of fused-ring (bicyclic) bond motifs is 1. The van der Waals surface area contributed by atoms with Crippen LogP contribution in [0, 0.1) is 6.92 Å². The number of rotatable bonds is 5. The minimum absolute atomic E-state index is 0.391. The van der Waals surface area contributed by atoms with Crippen molar-refractivity contribution >= 4 is 16.7 Å². The molecule has 1 atom stereocenters. The number of piperazine rings is 1. The van der Waals surface area contributed by atoms with E-state index in [-0.39, 0.29) is 0 Å². The number of para-hydroxylation sites is 3. The van der Waals surface area contributed by atoms with E-state index in [1.807, 2.05) is 29.1 Å². The van der Waals surface area contributed by atoms with Gasteiger partial charge < -0.3 is 14.6 Å². The predicted molar refractivity (Wildman–Crippen MR) is 106 cm³/mol. The number of aliphatic hydroxyl groups excluding tert-OH is 1. The molecule has 1 unspecified atom stereocenters. The summed E-state index contributed by atoms with van der Waals surface area (Å²) >= 11 is 0. The average Bonchev–Trinajstić information content (AvgIpc) is 3.06. The van der Waals surface area contributed by atoms with E-state index < -0.39 is 6.10 Å². The highest BCUT2D eigenvalue weighted by molar-refractivity contribution is 5.74. The molecule has 0 saturated carbocycles. The topological polar surface area (TPSA) is 44.5 Å². The van der Waals surface area contributed by atoms with E-state index in [9.17, 15) is 5.11 Å². The molecule has 1 saturated heterocycles. The molecule has 1 aliphatic heterocycles. The first-order chi connectivity index (χ1) is 12.7. The molecule has 2 heterocycles. The Kier molecular flexibility index (Phi) is 4.91. The molecule has 5 nitrogen and oxygen atoms in total. The van der Waals surface area contributed by atoms with E-state index in [2.05, 4.69) is 52.0 Å². The zero-order valence-electron chi connectivity index (χ0n) is 15.3. The lowest BCUT2D eigenvalue weighted by atomic mass is 10.1. The van der Waals surface area contributed by atoms with Crippen molar-refractivity contribution in [2.24, 2.45) is 0 Å². The second kappa shape index (κ2) is 7.48. The second-order valence-corrected chi connectivity index (χ2v) is 7.11. The Hall–Kier alpha value is -2.37. The Morgan fingerprint density at radius 2 is 1.69 bits per heavy atom. The highest BCUT2D eigenvalue weighted by Crippen LogP contribution is 2.21. The molecule has 1 aromatic heterocycles. The summed E-state index contributed by atoms with van der Waals surface area (Å²) < 4.78 is 2.05. The van der Waals surface area contributed by atoms with Gasteiger partial charge in [0.25, 0.3) is 0 Å². The Morgan fingerprint density at radius 3 is 2.50 bits per heavy atom. The number of β-amino-alcohol motifs (C(OH)–C–C–N with tert-alkyl or cyclic N) is 1. The number of benzene rings is 2. The lowest BCUT2D eigenvalue weighted by molar-refractivity contribution is 0.0959. The van der Waals surface area contributed by atoms with Crippen molar-refractivity contribution in [2.45, 2.75) is 19.6 Å². The van der Waals surface area contributed by atoms with Crippen LogP contribution in [0.5, 0.6) is 0 Å². The van der Waals surface area contributed by atoms with Gasteiger partial charge in [-0.15, -0.1) is 0 Å². The van der Waals surface area contributed by atoms with Crippen molar-refractivity contribution in [1.29, 1.82) is 0 Å². The molecule has 136 valence electrons. The van der Waals surface area contributed by atoms with E-state index in [0.717, 1.165) is 37.2 Å². The van der Waals surface area contributed by atoms with Gasteiger partial charge in [-0.3, -0.25) is 4.90 Å². The maximum absolute atomic E-state index is 10.6. The molecule has 1 N–H and O–H groups in total. The smallest absolute Gasteiger partial charge is 0.0959 e. The molecule has 4 rings (SSSR count). The van der Waals surface area contributed by atoms with Gasteiger partial charge in [-0.1, -0.05) is 30.3 Å². The fraction of sp³-hybridized carbons (Fsp3) is 0.381. The maximum atomic E-state index is 10.6. The lowest BCUT2D eigenvalue weighted by Gasteiger charge is -2.37. The number of aliphatic hydroxyl groups is 1. The summed E-state index contributed by atoms with van der Waals surface area (Å²) in [6.07, 6.45) is 1.43. The quantitative estimate of drug-likeness (QED) is 0.768. The van der Waals surface area contributed by atoms with Gasteiger partial charge >= 0.3 is 0 Å². The Balaban J connectivity index is 1.32. The van der Waals surface area contributed by atoms with Crippen LogP contribution in [0.4, 0.5) is 5.69 Å². The molecule has 1 aliphatic rings. The Labute approximate surface area is 154 Å². The number of anilines is 1. The van der Waals surface area contributed by atoms with Crippen LogP contribution in [0.3, 0.4) is 0 Å². The SMILES string of the molecule is Cc1ccccc1N1CCN(CC(O)Cn2cnc3ccccc32)CC1. The molecule has 0 radical (unpaired) electrons. The van der Waals surface area contributed by atoms with E-state index >= 15 is 0 Å². The molecule has 5 heteroatoms. The number of aryl methyl sites for hydroxylation is 1. The van der Waals surface area contributed by atoms with Crippen molar-refractivity contribution in [3.8, 4) is 0 Å². The minimum atomic E-state index is -0.391. The van der Waals surface area contributed by atoms with Gasteiger partial charge in [0.05, 0.1) is 30.0 Å². The van der Waals surface area contributed by atoms with Crippen LogP contribution in [0.2, 0.25) is 0 Å². The maximum Gasteiger partial charge on any atom is 0.0959 e. The molecule has 0 spiro atoms. The van der Waals surface area contributed by atoms with Crippen LogP contribution >= 0.6 is 0 Å². The van der Waals surface area contributed by atoms with E-state index in [1.165, 1.54) is 11.3 Å². The fourth-order valence-corrected chi connectivity index (χ4v) is 3.83. The van der Waals surface area contributed by atoms with Crippen LogP contribution in [0.1, 0.15) is 5.56 Å². The monoisotopic (exact) mass is 350 g/mol. The van der Waals surface area contributed by atoms with Crippen molar-refractivity contribution in [2.75, 3.05) is 37.6 Å². The number of hydrogen-bond donors (Lipinski definition) is 1. The number of imidazole rings is 1. The van der Waals surface area contributed by atoms with Crippen LogP contribution < -0.4 is 4.90 Å². The molecule has 3 aromatic rings. The number of nitrogens with zero attached hydrogens (tertiary/aromatic N) is 4. The molecule has 1 fully saturated rings. The summed E-state index contributed by atoms with van der Waals surface area (Å²) in [5.41, 5.74) is 4.72. The molecule has 26 heavy (non-hydrogen) atoms. The lowest BCUT2D eigenvalue weighted by Crippen LogP contribution is -2.49. The summed E-state index contributed by atoms with van der Waals surface area (Å²) in [7, 11) is 0. The summed E-state index contributed by atoms with van der Waals surface area (Å²) in [5, 5.41) is 10.6. The van der Waals surface area contributed by atoms with E-state index in [1.54, 1.807) is 0 Å². The van der Waals surface area contributed by atoms with Gasteiger partial charge in [0.1, 0.15) is 0 Å². The van der Waals surface area contributed by atoms with Gasteiger partial charge in [-0.25, -0.2) is 4.98 Å². The summed E-state index contributed by atoms with van der Waals surface area (Å²) in [6, 6.07) is 16.6. The fourth-order valence-electron chi connectivity index (χ4n) is 3.83. The highest BCUT2D eigenvalue weighted by atomic mass is 16.3. The van der Waals surface area contributed by atoms with Crippen LogP contribution in [-0.4, -0.2) is 58.4 Å². The largest absolute Gasteiger partial charge is 0.390 e. The summed E-state index contributed by atoms with van der Waals surface area (Å²) in [5.74, 6) is 0. The molecule has 2 aromatic carbocycles. The third-order valence-electron chi connectivity index (χ3n) is 5.23. The van der Waals surface area contributed by atoms with E-state index in [4.69, 9.17) is 0 Å². The van der Waals surface area contributed by atoms with Crippen molar-refractivity contribution in [3.63, 3.8) is 0 Å². The molecular weight excluding hydrogens is 324 g/mol. The first kappa shape index (κ1) is 17.1. The number of aromatic nitrogens is 2. The van der Waals surface area contributed by atoms with Gasteiger partial charge in [0.2, 0.25) is 0 Å². The molecule has 0 bridgehead atoms. The second-order valence-electron chi connectivity index (χ2n) is 7.11. The standard InChI is InChI=1S/C21H26N4O/c1-17-6-2-4-8-20(17)24-12-10-23(11-13-24)14-18(26)15-25-16-22-19-7-3-5-9-21(19)25/h2-9,16,18,26H,10-15H2,1H3. The third-order valence-corrected chi connectivity index (χ3v) is 5.23. The molecular formula is C21H26N4O. The zero-order valence-corrected chi connectivity index (χ0v) is 15.3. The van der Waals surface area contributed by atoms with Crippen molar-refractivity contribution in [3.05, 3.63) is 60.4 Å². The Bertz CT molecular complexity index is 867. The van der Waals surface area contributed by atoms with Gasteiger partial charge in [-0.05, 0) is 30.7 Å². The van der Waals surface area contributed by atoms with Crippen LogP contribution in [-0.2, 0) is 6.54 Å².